The first-order valence-corrected chi connectivity index (χ1v) is 8.28. The fourth-order valence-electron chi connectivity index (χ4n) is 1.00. The lowest BCUT2D eigenvalue weighted by Crippen LogP contribution is -2.29. The van der Waals surface area contributed by atoms with E-state index >= 15 is 0 Å². The van der Waals surface area contributed by atoms with Crippen LogP contribution < -0.4 is 0 Å². The number of hydrogen-bond donors (Lipinski definition) is 0. The zero-order valence-electron chi connectivity index (χ0n) is 9.66. The van der Waals surface area contributed by atoms with E-state index in [1.807, 2.05) is 6.92 Å². The average molecular weight is 216 g/mol. The quantitative estimate of drug-likeness (QED) is 0.402. The molecule has 0 aromatic carbocycles. The molecular weight excluding hydrogens is 196 g/mol. The second-order valence-electron chi connectivity index (χ2n) is 4.05. The van der Waals surface area contributed by atoms with Crippen molar-refractivity contribution in [2.24, 2.45) is 0 Å². The van der Waals surface area contributed by atoms with Gasteiger partial charge in [-0.2, -0.15) is 0 Å². The molecule has 0 heterocycles. The third-order valence-corrected chi connectivity index (χ3v) is 2.41. The minimum absolute atomic E-state index is 0.0222. The zero-order chi connectivity index (χ0) is 11.2. The fourth-order valence-corrected chi connectivity index (χ4v) is 2.20. The summed E-state index contributed by atoms with van der Waals surface area (Å²) in [5.74, 6) is -0.307. The van der Waals surface area contributed by atoms with E-state index in [4.69, 9.17) is 9.16 Å². The zero-order valence-corrected chi connectivity index (χ0v) is 10.7. The summed E-state index contributed by atoms with van der Waals surface area (Å²) in [5, 5.41) is 0. The molecule has 0 saturated heterocycles. The molecule has 3 nitrogen and oxygen atoms in total. The van der Waals surface area contributed by atoms with Crippen LogP contribution in [-0.4, -0.2) is 27.0 Å². The summed E-state index contributed by atoms with van der Waals surface area (Å²) >= 11 is 0. The highest BCUT2D eigenvalue weighted by Crippen LogP contribution is 2.07. The molecule has 0 radical (unpaired) electrons. The highest BCUT2D eigenvalue weighted by Gasteiger charge is 2.16. The number of hydrogen-bond acceptors (Lipinski definition) is 3. The van der Waals surface area contributed by atoms with Crippen LogP contribution in [0.4, 0.5) is 0 Å². The van der Waals surface area contributed by atoms with Gasteiger partial charge in [0.1, 0.15) is 0 Å². The summed E-state index contributed by atoms with van der Waals surface area (Å²) < 4.78 is 10.5. The smallest absolute Gasteiger partial charge is 0.330 e. The summed E-state index contributed by atoms with van der Waals surface area (Å²) in [6.07, 6.45) is 3.14. The number of carbonyl (C=O) groups is 1. The van der Waals surface area contributed by atoms with E-state index in [0.29, 0.717) is 6.61 Å². The van der Waals surface area contributed by atoms with Gasteiger partial charge >= 0.3 is 5.97 Å². The molecule has 0 aromatic rings. The van der Waals surface area contributed by atoms with Crippen molar-refractivity contribution in [2.45, 2.75) is 39.6 Å². The van der Waals surface area contributed by atoms with E-state index in [1.165, 1.54) is 6.08 Å². The monoisotopic (exact) mass is 216 g/mol. The third kappa shape index (κ3) is 8.01. The van der Waals surface area contributed by atoms with Crippen molar-refractivity contribution in [2.75, 3.05) is 6.61 Å². The van der Waals surface area contributed by atoms with Gasteiger partial charge in [-0.15, -0.1) is 0 Å². The minimum atomic E-state index is -1.51. The van der Waals surface area contributed by atoms with Crippen molar-refractivity contribution in [1.82, 2.24) is 0 Å². The molecule has 1 atom stereocenters. The van der Waals surface area contributed by atoms with E-state index in [9.17, 15) is 4.79 Å². The van der Waals surface area contributed by atoms with Crippen LogP contribution in [0.5, 0.6) is 0 Å². The first-order chi connectivity index (χ1) is 6.35. The van der Waals surface area contributed by atoms with Gasteiger partial charge in [0.05, 0.1) is 12.7 Å². The molecule has 0 rings (SSSR count). The Bertz CT molecular complexity index is 206. The van der Waals surface area contributed by atoms with Crippen molar-refractivity contribution < 1.29 is 14.0 Å². The predicted octanol–water partition coefficient (Wildman–Crippen LogP) is 2.35. The summed E-state index contributed by atoms with van der Waals surface area (Å²) in [7, 11) is -1.51. The van der Waals surface area contributed by atoms with E-state index in [-0.39, 0.29) is 12.1 Å². The lowest BCUT2D eigenvalue weighted by molar-refractivity contribution is -0.137. The van der Waals surface area contributed by atoms with Crippen LogP contribution in [0.1, 0.15) is 13.8 Å². The lowest BCUT2D eigenvalue weighted by atomic mass is 10.3. The maximum Gasteiger partial charge on any atom is 0.330 e. The predicted molar refractivity (Wildman–Crippen MR) is 59.7 cm³/mol. The Kier molecular flexibility index (Phi) is 5.72. The van der Waals surface area contributed by atoms with Gasteiger partial charge in [0.2, 0.25) is 0 Å². The molecular formula is C10H20O3Si. The van der Waals surface area contributed by atoms with Crippen LogP contribution in [-0.2, 0) is 14.0 Å². The molecule has 0 N–H and O–H groups in total. The molecule has 82 valence electrons. The molecule has 0 unspecified atom stereocenters. The lowest BCUT2D eigenvalue weighted by Gasteiger charge is -2.20. The van der Waals surface area contributed by atoms with Gasteiger partial charge in [0, 0.05) is 6.08 Å². The number of carbonyl (C=O) groups excluding carboxylic acids is 1. The summed E-state index contributed by atoms with van der Waals surface area (Å²) in [5.41, 5.74) is 0. The van der Waals surface area contributed by atoms with Gasteiger partial charge in [-0.25, -0.2) is 4.79 Å². The van der Waals surface area contributed by atoms with Crippen molar-refractivity contribution in [3.05, 3.63) is 12.2 Å². The maximum atomic E-state index is 11.0. The van der Waals surface area contributed by atoms with Gasteiger partial charge in [0.15, 0.2) is 8.32 Å². The Labute approximate surface area is 87.2 Å². The molecule has 14 heavy (non-hydrogen) atoms. The van der Waals surface area contributed by atoms with Crippen LogP contribution in [0.15, 0.2) is 12.2 Å². The largest absolute Gasteiger partial charge is 0.463 e. The van der Waals surface area contributed by atoms with Crippen LogP contribution in [0, 0.1) is 0 Å². The van der Waals surface area contributed by atoms with Crippen LogP contribution >= 0.6 is 0 Å². The Morgan fingerprint density at radius 1 is 1.43 bits per heavy atom. The number of esters is 1. The molecule has 0 spiro atoms. The SMILES string of the molecule is CCOC(=O)/C=C/[C@@H](C)O[Si](C)(C)C. The summed E-state index contributed by atoms with van der Waals surface area (Å²) in [4.78, 5) is 11.0. The van der Waals surface area contributed by atoms with Gasteiger partial charge in [-0.3, -0.25) is 0 Å². The van der Waals surface area contributed by atoms with Crippen molar-refractivity contribution in [1.29, 1.82) is 0 Å². The molecule has 0 aromatic heterocycles. The van der Waals surface area contributed by atoms with E-state index < -0.39 is 8.32 Å². The molecule has 0 aliphatic heterocycles. The van der Waals surface area contributed by atoms with Crippen molar-refractivity contribution in [3.63, 3.8) is 0 Å². The molecule has 0 fully saturated rings. The van der Waals surface area contributed by atoms with E-state index in [0.717, 1.165) is 0 Å². The molecule has 0 aliphatic rings. The molecule has 4 heteroatoms. The summed E-state index contributed by atoms with van der Waals surface area (Å²) in [6, 6.07) is 0. The van der Waals surface area contributed by atoms with Crippen LogP contribution in [0.3, 0.4) is 0 Å². The first-order valence-electron chi connectivity index (χ1n) is 4.88. The van der Waals surface area contributed by atoms with Gasteiger partial charge < -0.3 is 9.16 Å². The van der Waals surface area contributed by atoms with E-state index in [2.05, 4.69) is 19.6 Å². The van der Waals surface area contributed by atoms with E-state index in [1.54, 1.807) is 13.0 Å². The Hall–Kier alpha value is -0.613. The van der Waals surface area contributed by atoms with Gasteiger partial charge in [-0.05, 0) is 33.5 Å². The molecule has 0 bridgehead atoms. The molecule has 0 amide bonds. The van der Waals surface area contributed by atoms with Crippen LogP contribution in [0.2, 0.25) is 19.6 Å². The average Bonchev–Trinajstić information content (AvgIpc) is 1.98. The number of rotatable bonds is 5. The Morgan fingerprint density at radius 3 is 2.43 bits per heavy atom. The minimum Gasteiger partial charge on any atom is -0.463 e. The Balaban J connectivity index is 3.93. The summed E-state index contributed by atoms with van der Waals surface area (Å²) in [6.45, 7) is 10.5. The number of ether oxygens (including phenoxy) is 1. The Morgan fingerprint density at radius 2 is 2.00 bits per heavy atom. The molecule has 0 saturated carbocycles. The van der Waals surface area contributed by atoms with Gasteiger partial charge in [-0.1, -0.05) is 6.08 Å². The highest BCUT2D eigenvalue weighted by atomic mass is 28.4. The fraction of sp³-hybridized carbons (Fsp3) is 0.700. The standard InChI is InChI=1S/C10H20O3Si/c1-6-12-10(11)8-7-9(2)13-14(3,4)5/h7-9H,6H2,1-5H3/b8-7+/t9-/m1/s1. The first kappa shape index (κ1) is 13.4. The normalized spacial score (nSPS) is 14.4. The van der Waals surface area contributed by atoms with Crippen molar-refractivity contribution in [3.8, 4) is 0 Å². The topological polar surface area (TPSA) is 35.5 Å². The third-order valence-electron chi connectivity index (χ3n) is 1.33. The van der Waals surface area contributed by atoms with Crippen molar-refractivity contribution >= 4 is 14.3 Å². The van der Waals surface area contributed by atoms with Gasteiger partial charge in [0.25, 0.3) is 0 Å². The molecule has 0 aliphatic carbocycles. The highest BCUT2D eigenvalue weighted by molar-refractivity contribution is 6.69. The van der Waals surface area contributed by atoms with Crippen LogP contribution in [0.25, 0.3) is 0 Å². The second kappa shape index (κ2) is 5.98. The maximum absolute atomic E-state index is 11.0. The second-order valence-corrected chi connectivity index (χ2v) is 8.51.